The summed E-state index contributed by atoms with van der Waals surface area (Å²) in [6.45, 7) is 5.20. The maximum absolute atomic E-state index is 13.6. The van der Waals surface area contributed by atoms with E-state index in [-0.39, 0.29) is 11.8 Å². The molecular formula is C31H38N2O2S. The van der Waals surface area contributed by atoms with E-state index in [9.17, 15) is 9.59 Å². The summed E-state index contributed by atoms with van der Waals surface area (Å²) in [5.41, 5.74) is 4.51. The number of nitrogens with zero attached hydrogens (tertiary/aromatic N) is 1. The molecule has 0 saturated carbocycles. The van der Waals surface area contributed by atoms with Crippen LogP contribution in [-0.4, -0.2) is 35.1 Å². The predicted octanol–water partition coefficient (Wildman–Crippen LogP) is 6.17. The lowest BCUT2D eigenvalue weighted by Gasteiger charge is -2.31. The van der Waals surface area contributed by atoms with Crippen LogP contribution in [0.4, 0.5) is 0 Å². The van der Waals surface area contributed by atoms with Gasteiger partial charge in [0, 0.05) is 37.4 Å². The van der Waals surface area contributed by atoms with Gasteiger partial charge in [0.05, 0.1) is 0 Å². The maximum atomic E-state index is 13.6. The highest BCUT2D eigenvalue weighted by Gasteiger charge is 2.30. The van der Waals surface area contributed by atoms with E-state index < -0.39 is 6.04 Å². The fourth-order valence-electron chi connectivity index (χ4n) is 4.02. The van der Waals surface area contributed by atoms with Crippen LogP contribution in [0, 0.1) is 6.92 Å². The third kappa shape index (κ3) is 9.19. The fraction of sp³-hybridized carbons (Fsp3) is 0.355. The van der Waals surface area contributed by atoms with Crippen LogP contribution in [0.25, 0.3) is 0 Å². The SMILES string of the molecule is CCCCNC(=O)[C@H](Cc1ccccc1)N(Cc1ccc(C)cc1)C(=O)CCSCc1ccccc1. The first kappa shape index (κ1) is 27.5. The second-order valence-electron chi connectivity index (χ2n) is 9.15. The summed E-state index contributed by atoms with van der Waals surface area (Å²) in [6.07, 6.45) is 2.82. The molecular weight excluding hydrogens is 464 g/mol. The molecule has 4 nitrogen and oxygen atoms in total. The van der Waals surface area contributed by atoms with Gasteiger partial charge in [-0.1, -0.05) is 104 Å². The first-order valence-corrected chi connectivity index (χ1v) is 14.0. The van der Waals surface area contributed by atoms with Crippen molar-refractivity contribution in [1.82, 2.24) is 10.2 Å². The highest BCUT2D eigenvalue weighted by molar-refractivity contribution is 7.98. The number of carbonyl (C=O) groups is 2. The molecule has 0 aliphatic rings. The number of carbonyl (C=O) groups excluding carboxylic acids is 2. The summed E-state index contributed by atoms with van der Waals surface area (Å²) in [5.74, 6) is 1.53. The van der Waals surface area contributed by atoms with Gasteiger partial charge in [-0.15, -0.1) is 0 Å². The zero-order valence-corrected chi connectivity index (χ0v) is 22.3. The number of benzene rings is 3. The highest BCUT2D eigenvalue weighted by Crippen LogP contribution is 2.19. The molecule has 3 aromatic rings. The maximum Gasteiger partial charge on any atom is 0.243 e. The minimum absolute atomic E-state index is 0.0164. The zero-order chi connectivity index (χ0) is 25.6. The lowest BCUT2D eigenvalue weighted by molar-refractivity contribution is -0.141. The topological polar surface area (TPSA) is 49.4 Å². The molecule has 0 spiro atoms. The minimum atomic E-state index is -0.558. The quantitative estimate of drug-likeness (QED) is 0.268. The van der Waals surface area contributed by atoms with Gasteiger partial charge >= 0.3 is 0 Å². The summed E-state index contributed by atoms with van der Waals surface area (Å²) in [4.78, 5) is 28.8. The van der Waals surface area contributed by atoms with E-state index in [1.807, 2.05) is 60.7 Å². The van der Waals surface area contributed by atoms with Gasteiger partial charge in [-0.25, -0.2) is 0 Å². The number of thioether (sulfide) groups is 1. The van der Waals surface area contributed by atoms with E-state index >= 15 is 0 Å². The van der Waals surface area contributed by atoms with E-state index in [1.165, 1.54) is 11.1 Å². The number of rotatable bonds is 14. The largest absolute Gasteiger partial charge is 0.354 e. The van der Waals surface area contributed by atoms with Gasteiger partial charge in [0.2, 0.25) is 11.8 Å². The van der Waals surface area contributed by atoms with Gasteiger partial charge in [0.1, 0.15) is 6.04 Å². The Labute approximate surface area is 220 Å². The molecule has 0 aromatic heterocycles. The van der Waals surface area contributed by atoms with Crippen LogP contribution in [0.2, 0.25) is 0 Å². The lowest BCUT2D eigenvalue weighted by Crippen LogP contribution is -2.50. The number of hydrogen-bond acceptors (Lipinski definition) is 3. The number of unbranched alkanes of at least 4 members (excludes halogenated alkanes) is 1. The van der Waals surface area contributed by atoms with Crippen LogP contribution >= 0.6 is 11.8 Å². The summed E-state index contributed by atoms with van der Waals surface area (Å²) >= 11 is 1.75. The normalized spacial score (nSPS) is 11.6. The van der Waals surface area contributed by atoms with E-state index in [1.54, 1.807) is 16.7 Å². The van der Waals surface area contributed by atoms with Crippen LogP contribution in [0.15, 0.2) is 84.9 Å². The van der Waals surface area contributed by atoms with Crippen molar-refractivity contribution < 1.29 is 9.59 Å². The molecule has 1 atom stereocenters. The Morgan fingerprint density at radius 1 is 0.861 bits per heavy atom. The summed E-state index contributed by atoms with van der Waals surface area (Å²) in [7, 11) is 0. The molecule has 190 valence electrons. The van der Waals surface area contributed by atoms with E-state index in [0.29, 0.717) is 31.7 Å². The molecule has 3 aromatic carbocycles. The first-order chi connectivity index (χ1) is 17.6. The number of amides is 2. The van der Waals surface area contributed by atoms with E-state index in [2.05, 4.69) is 43.4 Å². The molecule has 36 heavy (non-hydrogen) atoms. The van der Waals surface area contributed by atoms with Crippen LogP contribution < -0.4 is 5.32 Å². The number of aryl methyl sites for hydroxylation is 1. The van der Waals surface area contributed by atoms with Crippen LogP contribution in [-0.2, 0) is 28.3 Å². The highest BCUT2D eigenvalue weighted by atomic mass is 32.2. The van der Waals surface area contributed by atoms with Gasteiger partial charge in [-0.05, 0) is 30.0 Å². The molecule has 0 heterocycles. The third-order valence-corrected chi connectivity index (χ3v) is 7.18. The van der Waals surface area contributed by atoms with Crippen LogP contribution in [0.5, 0.6) is 0 Å². The van der Waals surface area contributed by atoms with Crippen molar-refractivity contribution in [3.8, 4) is 0 Å². The molecule has 2 amide bonds. The van der Waals surface area contributed by atoms with Crippen molar-refractivity contribution in [1.29, 1.82) is 0 Å². The molecule has 0 saturated heterocycles. The Morgan fingerprint density at radius 2 is 1.50 bits per heavy atom. The Morgan fingerprint density at radius 3 is 2.14 bits per heavy atom. The van der Waals surface area contributed by atoms with E-state index in [0.717, 1.165) is 29.7 Å². The van der Waals surface area contributed by atoms with Gasteiger partial charge in [0.25, 0.3) is 0 Å². The van der Waals surface area contributed by atoms with Crippen molar-refractivity contribution >= 4 is 23.6 Å². The summed E-state index contributed by atoms with van der Waals surface area (Å²) < 4.78 is 0. The fourth-order valence-corrected chi connectivity index (χ4v) is 4.91. The lowest BCUT2D eigenvalue weighted by atomic mass is 10.0. The molecule has 1 N–H and O–H groups in total. The van der Waals surface area contributed by atoms with Crippen LogP contribution in [0.1, 0.15) is 48.4 Å². The standard InChI is InChI=1S/C31H38N2O2S/c1-3-4-20-32-31(35)29(22-26-11-7-5-8-12-26)33(23-27-17-15-25(2)16-18-27)30(34)19-21-36-24-28-13-9-6-10-14-28/h5-18,29H,3-4,19-24H2,1-2H3,(H,32,35)/t29-/m0/s1. The van der Waals surface area contributed by atoms with E-state index in [4.69, 9.17) is 0 Å². The van der Waals surface area contributed by atoms with Gasteiger partial charge in [-0.2, -0.15) is 11.8 Å². The van der Waals surface area contributed by atoms with Crippen molar-refractivity contribution in [3.63, 3.8) is 0 Å². The van der Waals surface area contributed by atoms with Crippen molar-refractivity contribution in [2.24, 2.45) is 0 Å². The zero-order valence-electron chi connectivity index (χ0n) is 21.5. The number of nitrogens with one attached hydrogen (secondary N) is 1. The Kier molecular flexibility index (Phi) is 11.6. The third-order valence-electron chi connectivity index (χ3n) is 6.15. The molecule has 0 fully saturated rings. The summed E-state index contributed by atoms with van der Waals surface area (Å²) in [6, 6.07) is 27.9. The van der Waals surface area contributed by atoms with Crippen molar-refractivity contribution in [2.75, 3.05) is 12.3 Å². The van der Waals surface area contributed by atoms with Crippen molar-refractivity contribution in [2.45, 2.75) is 57.9 Å². The average molecular weight is 503 g/mol. The first-order valence-electron chi connectivity index (χ1n) is 12.8. The monoisotopic (exact) mass is 502 g/mol. The second kappa shape index (κ2) is 15.1. The Hall–Kier alpha value is -3.05. The molecule has 0 unspecified atom stereocenters. The molecule has 5 heteroatoms. The molecule has 0 radical (unpaired) electrons. The van der Waals surface area contributed by atoms with Gasteiger partial charge in [0.15, 0.2) is 0 Å². The molecule has 0 aliphatic heterocycles. The molecule has 3 rings (SSSR count). The van der Waals surface area contributed by atoms with Crippen LogP contribution in [0.3, 0.4) is 0 Å². The summed E-state index contributed by atoms with van der Waals surface area (Å²) in [5, 5.41) is 3.08. The van der Waals surface area contributed by atoms with Gasteiger partial charge in [-0.3, -0.25) is 9.59 Å². The number of hydrogen-bond donors (Lipinski definition) is 1. The van der Waals surface area contributed by atoms with Crippen molar-refractivity contribution in [3.05, 3.63) is 107 Å². The molecule has 0 aliphatic carbocycles. The second-order valence-corrected chi connectivity index (χ2v) is 10.3. The average Bonchev–Trinajstić information content (AvgIpc) is 2.91. The van der Waals surface area contributed by atoms with Gasteiger partial charge < -0.3 is 10.2 Å². The Balaban J connectivity index is 1.77. The smallest absolute Gasteiger partial charge is 0.243 e. The minimum Gasteiger partial charge on any atom is -0.354 e. The Bertz CT molecular complexity index is 1050. The molecule has 0 bridgehead atoms. The predicted molar refractivity (Wildman–Crippen MR) is 151 cm³/mol.